The van der Waals surface area contributed by atoms with Crippen LogP contribution in [0.15, 0.2) is 88.8 Å². The average molecular weight is 518 g/mol. The highest BCUT2D eigenvalue weighted by atomic mass is 16.2. The summed E-state index contributed by atoms with van der Waals surface area (Å²) in [4.78, 5) is 31.5. The van der Waals surface area contributed by atoms with Crippen molar-refractivity contribution in [2.75, 3.05) is 5.32 Å². The van der Waals surface area contributed by atoms with Gasteiger partial charge in [0.05, 0.1) is 17.1 Å². The number of benzene rings is 3. The van der Waals surface area contributed by atoms with Gasteiger partial charge in [-0.15, -0.1) is 0 Å². The first-order valence-electron chi connectivity index (χ1n) is 13.6. The highest BCUT2D eigenvalue weighted by Gasteiger charge is 2.23. The van der Waals surface area contributed by atoms with Gasteiger partial charge in [0.2, 0.25) is 5.91 Å². The van der Waals surface area contributed by atoms with Crippen molar-refractivity contribution in [3.63, 3.8) is 0 Å². The van der Waals surface area contributed by atoms with Crippen LogP contribution in [0.25, 0.3) is 21.8 Å². The molecule has 196 valence electrons. The van der Waals surface area contributed by atoms with E-state index in [0.29, 0.717) is 10.9 Å². The lowest BCUT2D eigenvalue weighted by Crippen LogP contribution is -2.25. The third kappa shape index (κ3) is 4.88. The Morgan fingerprint density at radius 2 is 1.64 bits per heavy atom. The maximum atomic E-state index is 13.6. The Labute approximate surface area is 226 Å². The van der Waals surface area contributed by atoms with Gasteiger partial charge in [0.25, 0.3) is 5.56 Å². The topological polar surface area (TPSA) is 81.3 Å². The molecule has 1 fully saturated rings. The van der Waals surface area contributed by atoms with Gasteiger partial charge < -0.3 is 9.88 Å². The predicted octanol–water partition coefficient (Wildman–Crippen LogP) is 6.23. The maximum absolute atomic E-state index is 13.6. The van der Waals surface area contributed by atoms with Crippen LogP contribution < -0.4 is 10.9 Å². The average Bonchev–Trinajstić information content (AvgIpc) is 3.23. The summed E-state index contributed by atoms with van der Waals surface area (Å²) in [6, 6.07) is 24.9. The number of rotatable bonds is 6. The number of carbonyl (C=O) groups excluding carboxylic acids is 1. The molecule has 0 radical (unpaired) electrons. The fourth-order valence-corrected chi connectivity index (χ4v) is 5.68. The largest absolute Gasteiger partial charge is 0.335 e. The Kier molecular flexibility index (Phi) is 6.80. The van der Waals surface area contributed by atoms with E-state index in [-0.39, 0.29) is 23.9 Å². The third-order valence-corrected chi connectivity index (χ3v) is 7.69. The van der Waals surface area contributed by atoms with Crippen molar-refractivity contribution in [3.8, 4) is 0 Å². The maximum Gasteiger partial charge on any atom is 0.282 e. The van der Waals surface area contributed by atoms with Crippen molar-refractivity contribution < 1.29 is 4.79 Å². The Morgan fingerprint density at radius 3 is 2.44 bits per heavy atom. The van der Waals surface area contributed by atoms with Gasteiger partial charge in [0.15, 0.2) is 0 Å². The molecule has 2 heterocycles. The molecule has 0 saturated heterocycles. The van der Waals surface area contributed by atoms with E-state index >= 15 is 0 Å². The summed E-state index contributed by atoms with van der Waals surface area (Å²) in [6.45, 7) is 2.15. The van der Waals surface area contributed by atoms with Gasteiger partial charge in [-0.3, -0.25) is 9.59 Å². The first kappa shape index (κ1) is 24.8. The molecule has 1 amide bonds. The summed E-state index contributed by atoms with van der Waals surface area (Å²) in [5, 5.41) is 9.29. The van der Waals surface area contributed by atoms with Crippen LogP contribution in [0.4, 0.5) is 5.69 Å². The first-order valence-corrected chi connectivity index (χ1v) is 13.6. The smallest absolute Gasteiger partial charge is 0.282 e. The van der Waals surface area contributed by atoms with Crippen molar-refractivity contribution in [2.24, 2.45) is 5.10 Å². The van der Waals surface area contributed by atoms with E-state index < -0.39 is 0 Å². The number of para-hydroxylation sites is 3. The van der Waals surface area contributed by atoms with Crippen molar-refractivity contribution in [3.05, 3.63) is 106 Å². The zero-order valence-corrected chi connectivity index (χ0v) is 22.0. The molecule has 0 spiro atoms. The molecule has 1 N–H and O–H groups in total. The minimum atomic E-state index is -0.152. The number of nitrogens with zero attached hydrogens (tertiary/aromatic N) is 4. The number of anilines is 1. The van der Waals surface area contributed by atoms with Crippen LogP contribution in [0.1, 0.15) is 55.1 Å². The lowest BCUT2D eigenvalue weighted by molar-refractivity contribution is -0.116. The molecule has 0 aliphatic heterocycles. The zero-order valence-electron chi connectivity index (χ0n) is 22.0. The number of hydrogen-bond donors (Lipinski definition) is 1. The van der Waals surface area contributed by atoms with Crippen LogP contribution in [0.2, 0.25) is 0 Å². The zero-order chi connectivity index (χ0) is 26.8. The normalized spacial score (nSPS) is 14.4. The molecule has 1 aliphatic rings. The van der Waals surface area contributed by atoms with Crippen LogP contribution in [0, 0.1) is 6.92 Å². The molecule has 5 aromatic rings. The van der Waals surface area contributed by atoms with Crippen molar-refractivity contribution >= 4 is 39.6 Å². The van der Waals surface area contributed by atoms with Crippen molar-refractivity contribution in [1.29, 1.82) is 0 Å². The van der Waals surface area contributed by atoms with Crippen LogP contribution >= 0.6 is 0 Å². The molecular formula is C32H31N5O2. The van der Waals surface area contributed by atoms with E-state index in [9.17, 15) is 9.59 Å². The molecule has 2 aromatic heterocycles. The summed E-state index contributed by atoms with van der Waals surface area (Å²) in [7, 11) is 0. The van der Waals surface area contributed by atoms with E-state index in [0.717, 1.165) is 59.4 Å². The number of fused-ring (bicyclic) bond motifs is 2. The standard InChI is InChI=1S/C32H31N5O2/c1-22-27(25-16-9-11-19-29(25)36(22)21-30(38)34-24-14-6-3-7-15-24)20-33-37-31(23-12-4-2-5-13-23)35-28-18-10-8-17-26(28)32(37)39/h3,6-11,14-20,23H,2,4-5,12-13,21H2,1H3,(H,34,38). The second kappa shape index (κ2) is 10.7. The van der Waals surface area contributed by atoms with Gasteiger partial charge in [-0.25, -0.2) is 4.98 Å². The molecule has 7 nitrogen and oxygen atoms in total. The van der Waals surface area contributed by atoms with E-state index in [1.807, 2.05) is 90.4 Å². The molecule has 0 atom stereocenters. The summed E-state index contributed by atoms with van der Waals surface area (Å²) < 4.78 is 3.50. The minimum Gasteiger partial charge on any atom is -0.335 e. The Balaban J connectivity index is 1.41. The van der Waals surface area contributed by atoms with Crippen LogP contribution in [0.3, 0.4) is 0 Å². The highest BCUT2D eigenvalue weighted by molar-refractivity contribution is 6.02. The van der Waals surface area contributed by atoms with Crippen LogP contribution in [-0.2, 0) is 11.3 Å². The summed E-state index contributed by atoms with van der Waals surface area (Å²) in [5.41, 5.74) is 4.05. The number of nitrogens with one attached hydrogen (secondary N) is 1. The predicted molar refractivity (Wildman–Crippen MR) is 157 cm³/mol. The molecule has 7 heteroatoms. The molecule has 0 bridgehead atoms. The molecule has 39 heavy (non-hydrogen) atoms. The second-order valence-electron chi connectivity index (χ2n) is 10.2. The van der Waals surface area contributed by atoms with Crippen LogP contribution in [0.5, 0.6) is 0 Å². The Bertz CT molecular complexity index is 1740. The first-order chi connectivity index (χ1) is 19.1. The number of carbonyl (C=O) groups is 1. The molecule has 1 saturated carbocycles. The van der Waals surface area contributed by atoms with Gasteiger partial charge >= 0.3 is 0 Å². The van der Waals surface area contributed by atoms with Crippen molar-refractivity contribution in [1.82, 2.24) is 14.2 Å². The van der Waals surface area contributed by atoms with Gasteiger partial charge in [0, 0.05) is 33.8 Å². The van der Waals surface area contributed by atoms with Gasteiger partial charge in [0.1, 0.15) is 12.4 Å². The monoisotopic (exact) mass is 517 g/mol. The fourth-order valence-electron chi connectivity index (χ4n) is 5.68. The van der Waals surface area contributed by atoms with E-state index in [1.54, 1.807) is 6.21 Å². The third-order valence-electron chi connectivity index (χ3n) is 7.69. The SMILES string of the molecule is Cc1c(C=Nn2c(C3CCCCC3)nc3ccccc3c2=O)c2ccccc2n1CC(=O)Nc1ccccc1. The Hall–Kier alpha value is -4.52. The minimum absolute atomic E-state index is 0.108. The second-order valence-corrected chi connectivity index (χ2v) is 10.2. The quantitative estimate of drug-likeness (QED) is 0.271. The summed E-state index contributed by atoms with van der Waals surface area (Å²) in [6.07, 6.45) is 7.26. The van der Waals surface area contributed by atoms with E-state index in [1.165, 1.54) is 11.1 Å². The fraction of sp³-hybridized carbons (Fsp3) is 0.250. The number of amides is 1. The van der Waals surface area contributed by atoms with Gasteiger partial charge in [-0.1, -0.05) is 67.8 Å². The van der Waals surface area contributed by atoms with E-state index in [2.05, 4.69) is 5.32 Å². The lowest BCUT2D eigenvalue weighted by Gasteiger charge is -2.22. The van der Waals surface area contributed by atoms with E-state index in [4.69, 9.17) is 10.1 Å². The molecule has 3 aromatic carbocycles. The Morgan fingerprint density at radius 1 is 0.949 bits per heavy atom. The van der Waals surface area contributed by atoms with Crippen LogP contribution in [-0.4, -0.2) is 26.3 Å². The molecule has 6 rings (SSSR count). The highest BCUT2D eigenvalue weighted by Crippen LogP contribution is 2.32. The summed E-state index contributed by atoms with van der Waals surface area (Å²) >= 11 is 0. The lowest BCUT2D eigenvalue weighted by atomic mass is 9.88. The number of hydrogen-bond acceptors (Lipinski definition) is 4. The molecule has 0 unspecified atom stereocenters. The molecule has 1 aliphatic carbocycles. The molecular weight excluding hydrogens is 486 g/mol. The number of aromatic nitrogens is 3. The summed E-state index contributed by atoms with van der Waals surface area (Å²) in [5.74, 6) is 0.832. The van der Waals surface area contributed by atoms with Crippen molar-refractivity contribution in [2.45, 2.75) is 51.5 Å². The van der Waals surface area contributed by atoms with Gasteiger partial charge in [-0.05, 0) is 50.1 Å². The van der Waals surface area contributed by atoms with Gasteiger partial charge in [-0.2, -0.15) is 9.78 Å².